The second-order valence-electron chi connectivity index (χ2n) is 6.75. The van der Waals surface area contributed by atoms with E-state index in [1.54, 1.807) is 29.2 Å². The van der Waals surface area contributed by atoms with Crippen molar-refractivity contribution in [3.8, 4) is 0 Å². The summed E-state index contributed by atoms with van der Waals surface area (Å²) in [7, 11) is 0. The Bertz CT molecular complexity index is 1100. The molecule has 1 aliphatic rings. The summed E-state index contributed by atoms with van der Waals surface area (Å²) in [5.41, 5.74) is 7.87. The van der Waals surface area contributed by atoms with Gasteiger partial charge in [0.1, 0.15) is 5.02 Å². The SMILES string of the molecule is NC(=O)c1ccccc1Nc1nc(Nc2ccc(N3CCCC3=O)cc2)ncc1Cl. The van der Waals surface area contributed by atoms with E-state index in [2.05, 4.69) is 20.6 Å². The summed E-state index contributed by atoms with van der Waals surface area (Å²) in [5, 5.41) is 6.43. The fourth-order valence-electron chi connectivity index (χ4n) is 3.22. The van der Waals surface area contributed by atoms with Crippen LogP contribution in [0.1, 0.15) is 23.2 Å². The monoisotopic (exact) mass is 422 g/mol. The second kappa shape index (κ2) is 8.38. The standard InChI is InChI=1S/C21H19ClN6O2/c22-16-12-24-21(27-20(16)26-17-5-2-1-4-15(17)19(23)30)25-13-7-9-14(10-8-13)28-11-3-6-18(28)29/h1-2,4-5,7-10,12H,3,6,11H2,(H2,23,30)(H2,24,25,26,27). The Morgan fingerprint density at radius 2 is 1.87 bits per heavy atom. The Kier molecular flexibility index (Phi) is 5.49. The molecule has 1 aliphatic heterocycles. The van der Waals surface area contributed by atoms with E-state index in [1.165, 1.54) is 6.20 Å². The van der Waals surface area contributed by atoms with Crippen molar-refractivity contribution in [1.82, 2.24) is 9.97 Å². The van der Waals surface area contributed by atoms with Crippen LogP contribution in [0.5, 0.6) is 0 Å². The van der Waals surface area contributed by atoms with E-state index in [4.69, 9.17) is 17.3 Å². The molecule has 4 rings (SSSR count). The lowest BCUT2D eigenvalue weighted by Crippen LogP contribution is -2.23. The van der Waals surface area contributed by atoms with Crippen LogP contribution >= 0.6 is 11.6 Å². The Morgan fingerprint density at radius 3 is 2.57 bits per heavy atom. The Labute approximate surface area is 178 Å². The largest absolute Gasteiger partial charge is 0.366 e. The van der Waals surface area contributed by atoms with Crippen LogP contribution in [0.4, 0.5) is 28.8 Å². The molecular formula is C21H19ClN6O2. The summed E-state index contributed by atoms with van der Waals surface area (Å²) >= 11 is 6.22. The molecule has 0 saturated carbocycles. The molecule has 0 aliphatic carbocycles. The number of hydrogen-bond donors (Lipinski definition) is 3. The molecule has 152 valence electrons. The number of primary amides is 1. The summed E-state index contributed by atoms with van der Waals surface area (Å²) in [4.78, 5) is 33.9. The van der Waals surface area contributed by atoms with Crippen molar-refractivity contribution < 1.29 is 9.59 Å². The van der Waals surface area contributed by atoms with E-state index in [9.17, 15) is 9.59 Å². The first-order chi connectivity index (χ1) is 14.5. The number of nitrogens with one attached hydrogen (secondary N) is 2. The van der Waals surface area contributed by atoms with Gasteiger partial charge in [-0.25, -0.2) is 4.98 Å². The molecule has 1 aromatic heterocycles. The lowest BCUT2D eigenvalue weighted by molar-refractivity contribution is -0.117. The molecule has 9 heteroatoms. The second-order valence-corrected chi connectivity index (χ2v) is 7.15. The number of carbonyl (C=O) groups is 2. The van der Waals surface area contributed by atoms with E-state index in [1.807, 2.05) is 24.3 Å². The van der Waals surface area contributed by atoms with Gasteiger partial charge in [-0.15, -0.1) is 0 Å². The molecule has 1 fully saturated rings. The molecule has 1 saturated heterocycles. The maximum Gasteiger partial charge on any atom is 0.250 e. The fraction of sp³-hybridized carbons (Fsp3) is 0.143. The van der Waals surface area contributed by atoms with Gasteiger partial charge in [-0.05, 0) is 42.8 Å². The minimum atomic E-state index is -0.557. The molecule has 0 bridgehead atoms. The first-order valence-corrected chi connectivity index (χ1v) is 9.75. The van der Waals surface area contributed by atoms with Crippen molar-refractivity contribution in [3.63, 3.8) is 0 Å². The molecular weight excluding hydrogens is 404 g/mol. The molecule has 2 amide bonds. The molecule has 2 heterocycles. The Hall–Kier alpha value is -3.65. The summed E-state index contributed by atoms with van der Waals surface area (Å²) in [6, 6.07) is 14.3. The molecule has 30 heavy (non-hydrogen) atoms. The van der Waals surface area contributed by atoms with E-state index < -0.39 is 5.91 Å². The number of hydrogen-bond acceptors (Lipinski definition) is 6. The first-order valence-electron chi connectivity index (χ1n) is 9.37. The number of aromatic nitrogens is 2. The number of para-hydroxylation sites is 1. The average Bonchev–Trinajstić information content (AvgIpc) is 3.17. The van der Waals surface area contributed by atoms with Crippen molar-refractivity contribution >= 4 is 52.2 Å². The third-order valence-corrected chi connectivity index (χ3v) is 4.97. The van der Waals surface area contributed by atoms with Crippen LogP contribution in [0, 0.1) is 0 Å². The predicted molar refractivity (Wildman–Crippen MR) is 117 cm³/mol. The maximum absolute atomic E-state index is 11.9. The Balaban J connectivity index is 1.52. The van der Waals surface area contributed by atoms with Crippen LogP contribution < -0.4 is 21.3 Å². The third-order valence-electron chi connectivity index (χ3n) is 4.70. The van der Waals surface area contributed by atoms with Crippen LogP contribution in [-0.2, 0) is 4.79 Å². The zero-order valence-corrected chi connectivity index (χ0v) is 16.7. The number of benzene rings is 2. The van der Waals surface area contributed by atoms with Crippen LogP contribution in [0.15, 0.2) is 54.7 Å². The van der Waals surface area contributed by atoms with Gasteiger partial charge in [0.15, 0.2) is 5.82 Å². The highest BCUT2D eigenvalue weighted by atomic mass is 35.5. The number of anilines is 5. The normalized spacial score (nSPS) is 13.4. The quantitative estimate of drug-likeness (QED) is 0.556. The minimum absolute atomic E-state index is 0.142. The van der Waals surface area contributed by atoms with Crippen molar-refractivity contribution in [2.75, 3.05) is 22.1 Å². The van der Waals surface area contributed by atoms with Gasteiger partial charge in [0.2, 0.25) is 11.9 Å². The molecule has 0 atom stereocenters. The van der Waals surface area contributed by atoms with Crippen LogP contribution in [0.3, 0.4) is 0 Å². The van der Waals surface area contributed by atoms with Crippen molar-refractivity contribution in [2.24, 2.45) is 5.73 Å². The third kappa shape index (κ3) is 4.18. The van der Waals surface area contributed by atoms with E-state index in [-0.39, 0.29) is 5.91 Å². The highest BCUT2D eigenvalue weighted by Crippen LogP contribution is 2.28. The summed E-state index contributed by atoms with van der Waals surface area (Å²) < 4.78 is 0. The van der Waals surface area contributed by atoms with Crippen molar-refractivity contribution in [1.29, 1.82) is 0 Å². The first kappa shape index (κ1) is 19.7. The zero-order valence-electron chi connectivity index (χ0n) is 15.9. The highest BCUT2D eigenvalue weighted by Gasteiger charge is 2.21. The van der Waals surface area contributed by atoms with Crippen molar-refractivity contribution in [2.45, 2.75) is 12.8 Å². The number of rotatable bonds is 6. The van der Waals surface area contributed by atoms with Gasteiger partial charge in [-0.2, -0.15) is 4.98 Å². The van der Waals surface area contributed by atoms with Gasteiger partial charge in [-0.3, -0.25) is 9.59 Å². The number of carbonyl (C=O) groups excluding carboxylic acids is 2. The summed E-state index contributed by atoms with van der Waals surface area (Å²) in [6.07, 6.45) is 2.93. The van der Waals surface area contributed by atoms with E-state index in [0.717, 1.165) is 24.3 Å². The molecule has 4 N–H and O–H groups in total. The minimum Gasteiger partial charge on any atom is -0.366 e. The van der Waals surface area contributed by atoms with Gasteiger partial charge >= 0.3 is 0 Å². The zero-order chi connectivity index (χ0) is 21.1. The number of amides is 2. The van der Waals surface area contributed by atoms with Gasteiger partial charge in [0.05, 0.1) is 17.4 Å². The van der Waals surface area contributed by atoms with Gasteiger partial charge < -0.3 is 21.3 Å². The molecule has 8 nitrogen and oxygen atoms in total. The lowest BCUT2D eigenvalue weighted by Gasteiger charge is -2.16. The van der Waals surface area contributed by atoms with E-state index >= 15 is 0 Å². The smallest absolute Gasteiger partial charge is 0.250 e. The molecule has 2 aromatic carbocycles. The predicted octanol–water partition coefficient (Wildman–Crippen LogP) is 3.84. The number of nitrogens with zero attached hydrogens (tertiary/aromatic N) is 3. The molecule has 0 radical (unpaired) electrons. The number of nitrogens with two attached hydrogens (primary N) is 1. The summed E-state index contributed by atoms with van der Waals surface area (Å²) in [6.45, 7) is 0.744. The molecule has 0 unspecified atom stereocenters. The van der Waals surface area contributed by atoms with Gasteiger partial charge in [-0.1, -0.05) is 23.7 Å². The Morgan fingerprint density at radius 1 is 1.10 bits per heavy atom. The van der Waals surface area contributed by atoms with Crippen molar-refractivity contribution in [3.05, 3.63) is 65.3 Å². The highest BCUT2D eigenvalue weighted by molar-refractivity contribution is 6.33. The van der Waals surface area contributed by atoms with Gasteiger partial charge in [0, 0.05) is 24.3 Å². The fourth-order valence-corrected chi connectivity index (χ4v) is 3.36. The van der Waals surface area contributed by atoms with E-state index in [0.29, 0.717) is 34.5 Å². The number of halogens is 1. The summed E-state index contributed by atoms with van der Waals surface area (Å²) in [5.74, 6) is 0.243. The van der Waals surface area contributed by atoms with Gasteiger partial charge in [0.25, 0.3) is 5.91 Å². The van der Waals surface area contributed by atoms with Crippen LogP contribution in [0.25, 0.3) is 0 Å². The van der Waals surface area contributed by atoms with Crippen LogP contribution in [-0.4, -0.2) is 28.3 Å². The molecule has 3 aromatic rings. The van der Waals surface area contributed by atoms with Crippen LogP contribution in [0.2, 0.25) is 5.02 Å². The maximum atomic E-state index is 11.9. The lowest BCUT2D eigenvalue weighted by atomic mass is 10.1. The average molecular weight is 423 g/mol. The topological polar surface area (TPSA) is 113 Å². The molecule has 0 spiro atoms.